The lowest BCUT2D eigenvalue weighted by Gasteiger charge is -2.15. The number of hydrogen-bond acceptors (Lipinski definition) is 6. The highest BCUT2D eigenvalue weighted by atomic mass is 16.4. The Hall–Kier alpha value is -2.38. The van der Waals surface area contributed by atoms with E-state index in [9.17, 15) is 4.79 Å². The fourth-order valence-electron chi connectivity index (χ4n) is 2.08. The number of pyridine rings is 1. The van der Waals surface area contributed by atoms with Gasteiger partial charge >= 0.3 is 5.97 Å². The minimum Gasteiger partial charge on any atom is -0.481 e. The minimum atomic E-state index is -0.771. The average molecular weight is 278 g/mol. The zero-order chi connectivity index (χ0) is 14.7. The SMILES string of the molecule is Cc1c(NCCCCC(=O)O)c(N)c2nnnn2c1C. The molecule has 0 fully saturated rings. The molecular formula is C12H18N6O2. The molecule has 108 valence electrons. The standard InChI is InChI=1S/C12H18N6O2/c1-7-8(2)18-12(15-16-17-18)10(13)11(7)14-6-4-3-5-9(19)20/h14H,3-6,13H2,1-2H3,(H,19,20). The van der Waals surface area contributed by atoms with Crippen LogP contribution in [0.2, 0.25) is 0 Å². The number of anilines is 2. The molecule has 0 atom stereocenters. The van der Waals surface area contributed by atoms with Gasteiger partial charge in [-0.2, -0.15) is 4.52 Å². The number of nitrogens with one attached hydrogen (secondary N) is 1. The molecule has 0 aromatic carbocycles. The van der Waals surface area contributed by atoms with E-state index in [-0.39, 0.29) is 6.42 Å². The first-order valence-corrected chi connectivity index (χ1v) is 6.44. The van der Waals surface area contributed by atoms with E-state index in [1.54, 1.807) is 4.52 Å². The molecule has 2 heterocycles. The number of aliphatic carboxylic acids is 1. The van der Waals surface area contributed by atoms with Gasteiger partial charge in [0.1, 0.15) is 5.69 Å². The topological polar surface area (TPSA) is 118 Å². The van der Waals surface area contributed by atoms with Crippen LogP contribution in [0, 0.1) is 13.8 Å². The predicted octanol–water partition coefficient (Wildman–Crippen LogP) is 0.990. The number of nitrogens with two attached hydrogens (primary N) is 1. The van der Waals surface area contributed by atoms with Crippen molar-refractivity contribution in [2.45, 2.75) is 33.1 Å². The number of unbranched alkanes of at least 4 members (excludes halogenated alkanes) is 1. The summed E-state index contributed by atoms with van der Waals surface area (Å²) >= 11 is 0. The van der Waals surface area contributed by atoms with Crippen molar-refractivity contribution in [3.8, 4) is 0 Å². The fourth-order valence-corrected chi connectivity index (χ4v) is 2.08. The van der Waals surface area contributed by atoms with Gasteiger partial charge in [-0.05, 0) is 42.7 Å². The van der Waals surface area contributed by atoms with Crippen LogP contribution in [0.4, 0.5) is 11.4 Å². The van der Waals surface area contributed by atoms with Crippen LogP contribution >= 0.6 is 0 Å². The van der Waals surface area contributed by atoms with E-state index < -0.39 is 5.97 Å². The molecule has 2 rings (SSSR count). The fraction of sp³-hybridized carbons (Fsp3) is 0.500. The predicted molar refractivity (Wildman–Crippen MR) is 74.6 cm³/mol. The van der Waals surface area contributed by atoms with E-state index in [2.05, 4.69) is 20.8 Å². The second kappa shape index (κ2) is 5.72. The summed E-state index contributed by atoms with van der Waals surface area (Å²) in [6, 6.07) is 0. The second-order valence-corrected chi connectivity index (χ2v) is 4.69. The molecule has 0 aliphatic rings. The molecule has 20 heavy (non-hydrogen) atoms. The highest BCUT2D eigenvalue weighted by Crippen LogP contribution is 2.28. The Bertz CT molecular complexity index is 636. The zero-order valence-electron chi connectivity index (χ0n) is 11.6. The first-order valence-electron chi connectivity index (χ1n) is 6.44. The number of nitrogens with zero attached hydrogens (tertiary/aromatic N) is 4. The molecule has 8 nitrogen and oxygen atoms in total. The van der Waals surface area contributed by atoms with Crippen LogP contribution < -0.4 is 11.1 Å². The lowest BCUT2D eigenvalue weighted by atomic mass is 10.1. The molecule has 2 aromatic heterocycles. The summed E-state index contributed by atoms with van der Waals surface area (Å²) in [5.74, 6) is -0.771. The van der Waals surface area contributed by atoms with Crippen molar-refractivity contribution in [2.24, 2.45) is 0 Å². The van der Waals surface area contributed by atoms with Crippen LogP contribution in [0.3, 0.4) is 0 Å². The number of rotatable bonds is 6. The maximum atomic E-state index is 10.4. The quantitative estimate of drug-likeness (QED) is 0.674. The monoisotopic (exact) mass is 278 g/mol. The third-order valence-electron chi connectivity index (χ3n) is 3.33. The second-order valence-electron chi connectivity index (χ2n) is 4.69. The maximum Gasteiger partial charge on any atom is 0.303 e. The first-order chi connectivity index (χ1) is 9.52. The van der Waals surface area contributed by atoms with E-state index >= 15 is 0 Å². The van der Waals surface area contributed by atoms with Gasteiger partial charge in [0, 0.05) is 18.7 Å². The number of carboxylic acids is 1. The van der Waals surface area contributed by atoms with Crippen LogP contribution in [-0.4, -0.2) is 37.7 Å². The molecule has 0 radical (unpaired) electrons. The number of aryl methyl sites for hydroxylation is 1. The summed E-state index contributed by atoms with van der Waals surface area (Å²) < 4.78 is 1.61. The Morgan fingerprint density at radius 2 is 2.15 bits per heavy atom. The number of nitrogen functional groups attached to an aromatic ring is 1. The summed E-state index contributed by atoms with van der Waals surface area (Å²) in [5, 5.41) is 23.3. The Morgan fingerprint density at radius 3 is 2.85 bits per heavy atom. The highest BCUT2D eigenvalue weighted by Gasteiger charge is 2.14. The Labute approximate surface area is 116 Å². The van der Waals surface area contributed by atoms with Crippen LogP contribution in [0.15, 0.2) is 0 Å². The number of aromatic nitrogens is 4. The number of carbonyl (C=O) groups is 1. The number of tetrazole rings is 1. The third kappa shape index (κ3) is 2.63. The summed E-state index contributed by atoms with van der Waals surface area (Å²) in [6.45, 7) is 4.54. The largest absolute Gasteiger partial charge is 0.481 e. The van der Waals surface area contributed by atoms with E-state index in [1.165, 1.54) is 0 Å². The summed E-state index contributed by atoms with van der Waals surface area (Å²) in [7, 11) is 0. The molecule has 8 heteroatoms. The molecular weight excluding hydrogens is 260 g/mol. The van der Waals surface area contributed by atoms with Gasteiger partial charge in [0.2, 0.25) is 5.65 Å². The Kier molecular flexibility index (Phi) is 4.02. The van der Waals surface area contributed by atoms with Gasteiger partial charge < -0.3 is 16.2 Å². The lowest BCUT2D eigenvalue weighted by molar-refractivity contribution is -0.137. The smallest absolute Gasteiger partial charge is 0.303 e. The summed E-state index contributed by atoms with van der Waals surface area (Å²) in [6.07, 6.45) is 1.58. The van der Waals surface area contributed by atoms with Crippen molar-refractivity contribution in [3.05, 3.63) is 11.3 Å². The zero-order valence-corrected chi connectivity index (χ0v) is 11.6. The number of carboxylic acid groups (broad SMARTS) is 1. The molecule has 2 aromatic rings. The molecule has 0 amide bonds. The van der Waals surface area contributed by atoms with Crippen LogP contribution in [0.25, 0.3) is 5.65 Å². The maximum absolute atomic E-state index is 10.4. The molecule has 0 bridgehead atoms. The van der Waals surface area contributed by atoms with Crippen LogP contribution in [0.5, 0.6) is 0 Å². The molecule has 0 saturated heterocycles. The Morgan fingerprint density at radius 1 is 1.40 bits per heavy atom. The van der Waals surface area contributed by atoms with Gasteiger partial charge in [0.25, 0.3) is 0 Å². The van der Waals surface area contributed by atoms with Crippen molar-refractivity contribution in [1.82, 2.24) is 20.0 Å². The van der Waals surface area contributed by atoms with Crippen molar-refractivity contribution >= 4 is 23.0 Å². The van der Waals surface area contributed by atoms with E-state index in [1.807, 2.05) is 13.8 Å². The molecule has 0 aliphatic carbocycles. The van der Waals surface area contributed by atoms with Gasteiger partial charge in [-0.25, -0.2) is 0 Å². The third-order valence-corrected chi connectivity index (χ3v) is 3.33. The van der Waals surface area contributed by atoms with Gasteiger partial charge in [-0.1, -0.05) is 0 Å². The highest BCUT2D eigenvalue weighted by molar-refractivity contribution is 5.82. The van der Waals surface area contributed by atoms with E-state index in [0.717, 1.165) is 23.4 Å². The number of fused-ring (bicyclic) bond motifs is 1. The van der Waals surface area contributed by atoms with E-state index in [4.69, 9.17) is 10.8 Å². The summed E-state index contributed by atoms with van der Waals surface area (Å²) in [5.41, 5.74) is 9.85. The van der Waals surface area contributed by atoms with Crippen molar-refractivity contribution < 1.29 is 9.90 Å². The molecule has 0 aliphatic heterocycles. The molecule has 0 saturated carbocycles. The van der Waals surface area contributed by atoms with Crippen molar-refractivity contribution in [2.75, 3.05) is 17.6 Å². The first kappa shape index (κ1) is 14.0. The minimum absolute atomic E-state index is 0.183. The lowest BCUT2D eigenvalue weighted by Crippen LogP contribution is -2.11. The van der Waals surface area contributed by atoms with Crippen molar-refractivity contribution in [3.63, 3.8) is 0 Å². The van der Waals surface area contributed by atoms with Gasteiger partial charge in [-0.15, -0.1) is 5.10 Å². The number of hydrogen-bond donors (Lipinski definition) is 3. The molecule has 0 spiro atoms. The van der Waals surface area contributed by atoms with E-state index in [0.29, 0.717) is 24.3 Å². The van der Waals surface area contributed by atoms with Crippen LogP contribution in [-0.2, 0) is 4.79 Å². The summed E-state index contributed by atoms with van der Waals surface area (Å²) in [4.78, 5) is 10.4. The average Bonchev–Trinajstić information content (AvgIpc) is 2.88. The molecule has 4 N–H and O–H groups in total. The van der Waals surface area contributed by atoms with Crippen LogP contribution in [0.1, 0.15) is 30.5 Å². The van der Waals surface area contributed by atoms with Gasteiger partial charge in [0.15, 0.2) is 0 Å². The normalized spacial score (nSPS) is 10.9. The Balaban J connectivity index is 2.11. The van der Waals surface area contributed by atoms with Gasteiger partial charge in [-0.3, -0.25) is 4.79 Å². The van der Waals surface area contributed by atoms with Crippen molar-refractivity contribution in [1.29, 1.82) is 0 Å². The molecule has 0 unspecified atom stereocenters. The van der Waals surface area contributed by atoms with Gasteiger partial charge in [0.05, 0.1) is 5.69 Å².